The zero-order chi connectivity index (χ0) is 14.5. The van der Waals surface area contributed by atoms with Crippen LogP contribution in [-0.2, 0) is 30.0 Å². The van der Waals surface area contributed by atoms with E-state index in [1.807, 2.05) is 11.7 Å². The van der Waals surface area contributed by atoms with Crippen LogP contribution in [0.1, 0.15) is 24.7 Å². The minimum atomic E-state index is -3.08. The number of sulfonamides is 1. The van der Waals surface area contributed by atoms with Gasteiger partial charge in [0.2, 0.25) is 10.0 Å². The molecule has 0 unspecified atom stereocenters. The van der Waals surface area contributed by atoms with Crippen LogP contribution in [-0.4, -0.2) is 37.5 Å². The Hall–Kier alpha value is -0.440. The average molecular weight is 353 g/mol. The zero-order valence-corrected chi connectivity index (χ0v) is 13.9. The Morgan fingerprint density at radius 2 is 2.05 bits per heavy atom. The molecular weight excluding hydrogens is 332 g/mol. The molecule has 0 fully saturated rings. The standard InChI is InChI=1S/C11H21BrN4O2S/c1-4-9-11(12)10(16(2)15-9)8-13-6-5-7-14-19(3,17)18/h13-14H,4-8H2,1-3H3. The Kier molecular flexibility index (Phi) is 6.45. The lowest BCUT2D eigenvalue weighted by Crippen LogP contribution is -2.26. The van der Waals surface area contributed by atoms with E-state index in [0.29, 0.717) is 13.1 Å². The predicted octanol–water partition coefficient (Wildman–Crippen LogP) is 0.774. The van der Waals surface area contributed by atoms with Gasteiger partial charge in [-0.15, -0.1) is 0 Å². The normalized spacial score (nSPS) is 12.0. The second kappa shape index (κ2) is 7.37. The molecule has 1 heterocycles. The fraction of sp³-hybridized carbons (Fsp3) is 0.727. The van der Waals surface area contributed by atoms with E-state index < -0.39 is 10.0 Å². The van der Waals surface area contributed by atoms with Crippen molar-refractivity contribution in [2.24, 2.45) is 7.05 Å². The van der Waals surface area contributed by atoms with Crippen LogP contribution in [0.15, 0.2) is 4.47 Å². The van der Waals surface area contributed by atoms with E-state index in [9.17, 15) is 8.42 Å². The number of aryl methyl sites for hydroxylation is 2. The quantitative estimate of drug-likeness (QED) is 0.677. The third kappa shape index (κ3) is 5.60. The van der Waals surface area contributed by atoms with Gasteiger partial charge in [-0.25, -0.2) is 13.1 Å². The van der Waals surface area contributed by atoms with Gasteiger partial charge in [0.15, 0.2) is 0 Å². The summed E-state index contributed by atoms with van der Waals surface area (Å²) < 4.78 is 27.1. The van der Waals surface area contributed by atoms with Gasteiger partial charge in [-0.1, -0.05) is 6.92 Å². The number of halogens is 1. The third-order valence-corrected chi connectivity index (χ3v) is 4.33. The van der Waals surface area contributed by atoms with E-state index in [4.69, 9.17) is 0 Å². The lowest BCUT2D eigenvalue weighted by Gasteiger charge is -2.06. The molecule has 0 saturated heterocycles. The highest BCUT2D eigenvalue weighted by Gasteiger charge is 2.11. The molecule has 0 atom stereocenters. The maximum atomic E-state index is 10.9. The molecule has 1 aromatic rings. The highest BCUT2D eigenvalue weighted by molar-refractivity contribution is 9.10. The monoisotopic (exact) mass is 352 g/mol. The Morgan fingerprint density at radius 1 is 1.37 bits per heavy atom. The minimum absolute atomic E-state index is 0.457. The van der Waals surface area contributed by atoms with Crippen molar-refractivity contribution in [3.63, 3.8) is 0 Å². The molecule has 0 aromatic carbocycles. The topological polar surface area (TPSA) is 76.0 Å². The molecule has 0 amide bonds. The van der Waals surface area contributed by atoms with Crippen LogP contribution >= 0.6 is 15.9 Å². The highest BCUT2D eigenvalue weighted by Crippen LogP contribution is 2.21. The number of rotatable bonds is 8. The van der Waals surface area contributed by atoms with Crippen molar-refractivity contribution in [1.82, 2.24) is 19.8 Å². The number of aromatic nitrogens is 2. The van der Waals surface area contributed by atoms with Crippen molar-refractivity contribution in [1.29, 1.82) is 0 Å². The van der Waals surface area contributed by atoms with Gasteiger partial charge in [-0.05, 0) is 35.3 Å². The van der Waals surface area contributed by atoms with Crippen molar-refractivity contribution in [3.05, 3.63) is 15.9 Å². The molecule has 0 aliphatic carbocycles. The molecule has 0 radical (unpaired) electrons. The van der Waals surface area contributed by atoms with E-state index in [1.54, 1.807) is 0 Å². The maximum absolute atomic E-state index is 10.9. The number of hydrogen-bond acceptors (Lipinski definition) is 4. The first-order chi connectivity index (χ1) is 8.85. The van der Waals surface area contributed by atoms with Gasteiger partial charge in [0.1, 0.15) is 0 Å². The van der Waals surface area contributed by atoms with Crippen LogP contribution in [0.3, 0.4) is 0 Å². The van der Waals surface area contributed by atoms with Crippen molar-refractivity contribution in [2.75, 3.05) is 19.3 Å². The van der Waals surface area contributed by atoms with E-state index in [2.05, 4.69) is 38.0 Å². The lowest BCUT2D eigenvalue weighted by atomic mass is 10.3. The van der Waals surface area contributed by atoms with Gasteiger partial charge in [0, 0.05) is 20.1 Å². The second-order valence-corrected chi connectivity index (χ2v) is 7.01. The van der Waals surface area contributed by atoms with Crippen LogP contribution in [0.5, 0.6) is 0 Å². The van der Waals surface area contributed by atoms with Crippen LogP contribution < -0.4 is 10.0 Å². The van der Waals surface area contributed by atoms with E-state index in [-0.39, 0.29) is 0 Å². The SMILES string of the molecule is CCc1nn(C)c(CNCCCNS(C)(=O)=O)c1Br. The summed E-state index contributed by atoms with van der Waals surface area (Å²) in [5, 5.41) is 7.70. The fourth-order valence-corrected chi connectivity index (χ4v) is 2.96. The molecule has 110 valence electrons. The highest BCUT2D eigenvalue weighted by atomic mass is 79.9. The van der Waals surface area contributed by atoms with Crippen LogP contribution in [0.2, 0.25) is 0 Å². The third-order valence-electron chi connectivity index (χ3n) is 2.69. The summed E-state index contributed by atoms with van der Waals surface area (Å²) in [4.78, 5) is 0. The predicted molar refractivity (Wildman–Crippen MR) is 79.5 cm³/mol. The summed E-state index contributed by atoms with van der Waals surface area (Å²) in [5.41, 5.74) is 2.16. The summed E-state index contributed by atoms with van der Waals surface area (Å²) >= 11 is 3.56. The van der Waals surface area contributed by atoms with Crippen molar-refractivity contribution < 1.29 is 8.42 Å². The summed E-state index contributed by atoms with van der Waals surface area (Å²) in [6.07, 6.45) is 2.81. The molecule has 19 heavy (non-hydrogen) atoms. The minimum Gasteiger partial charge on any atom is -0.311 e. The Balaban J connectivity index is 2.32. The number of nitrogens with one attached hydrogen (secondary N) is 2. The number of nitrogens with zero attached hydrogens (tertiary/aromatic N) is 2. The van der Waals surface area contributed by atoms with Crippen LogP contribution in [0, 0.1) is 0 Å². The second-order valence-electron chi connectivity index (χ2n) is 4.38. The molecule has 8 heteroatoms. The molecule has 0 aliphatic heterocycles. The zero-order valence-electron chi connectivity index (χ0n) is 11.5. The molecule has 0 spiro atoms. The summed E-state index contributed by atoms with van der Waals surface area (Å²) in [5.74, 6) is 0. The van der Waals surface area contributed by atoms with Gasteiger partial charge < -0.3 is 5.32 Å². The Morgan fingerprint density at radius 3 is 2.58 bits per heavy atom. The molecule has 1 aromatic heterocycles. The summed E-state index contributed by atoms with van der Waals surface area (Å²) in [7, 11) is -1.15. The van der Waals surface area contributed by atoms with Crippen molar-refractivity contribution in [3.8, 4) is 0 Å². The first-order valence-electron chi connectivity index (χ1n) is 6.20. The van der Waals surface area contributed by atoms with Crippen LogP contribution in [0.25, 0.3) is 0 Å². The first-order valence-corrected chi connectivity index (χ1v) is 8.89. The van der Waals surface area contributed by atoms with Crippen molar-refractivity contribution >= 4 is 26.0 Å². The summed E-state index contributed by atoms with van der Waals surface area (Å²) in [6.45, 7) is 3.99. The Bertz CT molecular complexity index is 513. The maximum Gasteiger partial charge on any atom is 0.208 e. The largest absolute Gasteiger partial charge is 0.311 e. The van der Waals surface area contributed by atoms with Gasteiger partial charge >= 0.3 is 0 Å². The van der Waals surface area contributed by atoms with Gasteiger partial charge in [-0.2, -0.15) is 5.10 Å². The molecule has 2 N–H and O–H groups in total. The van der Waals surface area contributed by atoms with Crippen LogP contribution in [0.4, 0.5) is 0 Å². The first kappa shape index (κ1) is 16.6. The molecular formula is C11H21BrN4O2S. The van der Waals surface area contributed by atoms with E-state index in [0.717, 1.165) is 35.2 Å². The van der Waals surface area contributed by atoms with Crippen molar-refractivity contribution in [2.45, 2.75) is 26.3 Å². The van der Waals surface area contributed by atoms with Gasteiger partial charge in [0.05, 0.1) is 22.1 Å². The smallest absolute Gasteiger partial charge is 0.208 e. The van der Waals surface area contributed by atoms with E-state index >= 15 is 0 Å². The molecule has 1 rings (SSSR count). The molecule has 6 nitrogen and oxygen atoms in total. The Labute approximate surface area is 123 Å². The van der Waals surface area contributed by atoms with E-state index in [1.165, 1.54) is 6.26 Å². The fourth-order valence-electron chi connectivity index (χ4n) is 1.69. The molecule has 0 aliphatic rings. The summed E-state index contributed by atoms with van der Waals surface area (Å²) in [6, 6.07) is 0. The molecule has 0 bridgehead atoms. The molecule has 0 saturated carbocycles. The van der Waals surface area contributed by atoms with Gasteiger partial charge in [-0.3, -0.25) is 4.68 Å². The number of hydrogen-bond donors (Lipinski definition) is 2. The lowest BCUT2D eigenvalue weighted by molar-refractivity contribution is 0.574. The van der Waals surface area contributed by atoms with Gasteiger partial charge in [0.25, 0.3) is 0 Å². The average Bonchev–Trinajstić information content (AvgIpc) is 2.58.